The summed E-state index contributed by atoms with van der Waals surface area (Å²) in [5.74, 6) is -1.08. The summed E-state index contributed by atoms with van der Waals surface area (Å²) in [6.07, 6.45) is 0.194. The van der Waals surface area contributed by atoms with Gasteiger partial charge in [-0.2, -0.15) is 8.78 Å². The average molecular weight is 206 g/mol. The molecule has 0 aromatic carbocycles. The molecule has 1 rings (SSSR count). The lowest BCUT2D eigenvalue weighted by molar-refractivity contribution is -0.144. The Morgan fingerprint density at radius 1 is 1.36 bits per heavy atom. The first-order valence-corrected chi connectivity index (χ1v) is 4.82. The van der Waals surface area contributed by atoms with E-state index in [4.69, 9.17) is 5.73 Å². The Balaban J connectivity index is 2.45. The molecular weight excluding hydrogens is 190 g/mol. The molecule has 1 aliphatic rings. The number of halogens is 2. The molecule has 1 aliphatic carbocycles. The van der Waals surface area contributed by atoms with Crippen LogP contribution in [0.5, 0.6) is 0 Å². The molecule has 3 nitrogen and oxygen atoms in total. The van der Waals surface area contributed by atoms with E-state index < -0.39 is 12.3 Å². The van der Waals surface area contributed by atoms with Gasteiger partial charge in [0.15, 0.2) is 0 Å². The number of hydrogen-bond acceptors (Lipinski definition) is 2. The number of amides is 1. The van der Waals surface area contributed by atoms with Crippen molar-refractivity contribution in [3.05, 3.63) is 0 Å². The van der Waals surface area contributed by atoms with Gasteiger partial charge >= 0.3 is 6.43 Å². The molecule has 1 saturated carbocycles. The van der Waals surface area contributed by atoms with E-state index in [1.807, 2.05) is 0 Å². The second kappa shape index (κ2) is 4.68. The Bertz CT molecular complexity index is 203. The van der Waals surface area contributed by atoms with Crippen LogP contribution in [0.3, 0.4) is 0 Å². The van der Waals surface area contributed by atoms with E-state index in [9.17, 15) is 13.6 Å². The summed E-state index contributed by atoms with van der Waals surface area (Å²) >= 11 is 0. The first-order valence-electron chi connectivity index (χ1n) is 4.82. The van der Waals surface area contributed by atoms with E-state index in [-0.39, 0.29) is 12.1 Å². The molecule has 0 bridgehead atoms. The number of carbonyl (C=O) groups excluding carboxylic acids is 1. The van der Waals surface area contributed by atoms with E-state index in [2.05, 4.69) is 0 Å². The topological polar surface area (TPSA) is 46.3 Å². The third kappa shape index (κ3) is 2.64. The van der Waals surface area contributed by atoms with E-state index in [0.29, 0.717) is 0 Å². The van der Waals surface area contributed by atoms with Gasteiger partial charge in [0, 0.05) is 19.1 Å². The predicted molar refractivity (Wildman–Crippen MR) is 49.0 cm³/mol. The fraction of sp³-hybridized carbons (Fsp3) is 0.889. The molecule has 0 aliphatic heterocycles. The molecule has 1 amide bonds. The van der Waals surface area contributed by atoms with Crippen LogP contribution in [0.1, 0.15) is 25.7 Å². The quantitative estimate of drug-likeness (QED) is 0.732. The SMILES string of the molecule is CN(C(=O)C(F)F)C1CCC(N)CC1. The van der Waals surface area contributed by atoms with Crippen LogP contribution in [0.25, 0.3) is 0 Å². The Hall–Kier alpha value is -0.710. The fourth-order valence-electron chi connectivity index (χ4n) is 1.82. The lowest BCUT2D eigenvalue weighted by Gasteiger charge is -2.33. The van der Waals surface area contributed by atoms with E-state index in [1.165, 1.54) is 7.05 Å². The largest absolute Gasteiger partial charge is 0.338 e. The zero-order valence-corrected chi connectivity index (χ0v) is 8.25. The lowest BCUT2D eigenvalue weighted by atomic mass is 9.91. The molecule has 0 atom stereocenters. The number of nitrogens with two attached hydrogens (primary N) is 1. The van der Waals surface area contributed by atoms with Crippen molar-refractivity contribution in [2.75, 3.05) is 7.05 Å². The lowest BCUT2D eigenvalue weighted by Crippen LogP contribution is -2.44. The maximum atomic E-state index is 12.1. The standard InChI is InChI=1S/C9H16F2N2O/c1-13(9(14)8(10)11)7-4-2-6(12)3-5-7/h6-8H,2-5,12H2,1H3. The van der Waals surface area contributed by atoms with Crippen LogP contribution in [0.4, 0.5) is 8.78 Å². The normalized spacial score (nSPS) is 27.8. The molecule has 82 valence electrons. The molecule has 0 radical (unpaired) electrons. The maximum Gasteiger partial charge on any atom is 0.315 e. The minimum Gasteiger partial charge on any atom is -0.338 e. The molecular formula is C9H16F2N2O. The van der Waals surface area contributed by atoms with Gasteiger partial charge in [-0.15, -0.1) is 0 Å². The van der Waals surface area contributed by atoms with Crippen LogP contribution in [0.15, 0.2) is 0 Å². The number of hydrogen-bond donors (Lipinski definition) is 1. The van der Waals surface area contributed by atoms with Crippen molar-refractivity contribution in [3.63, 3.8) is 0 Å². The summed E-state index contributed by atoms with van der Waals surface area (Å²) in [6, 6.07) is 0.109. The first-order chi connectivity index (χ1) is 6.52. The molecule has 0 saturated heterocycles. The Morgan fingerprint density at radius 3 is 2.29 bits per heavy atom. The molecule has 0 aromatic rings. The molecule has 2 N–H and O–H groups in total. The third-order valence-corrected chi connectivity index (χ3v) is 2.82. The maximum absolute atomic E-state index is 12.1. The highest BCUT2D eigenvalue weighted by atomic mass is 19.3. The van der Waals surface area contributed by atoms with Gasteiger partial charge in [-0.1, -0.05) is 0 Å². The van der Waals surface area contributed by atoms with Crippen molar-refractivity contribution in [2.24, 2.45) is 5.73 Å². The van der Waals surface area contributed by atoms with Gasteiger partial charge in [0.25, 0.3) is 5.91 Å². The first kappa shape index (κ1) is 11.4. The second-order valence-electron chi connectivity index (χ2n) is 3.82. The summed E-state index contributed by atoms with van der Waals surface area (Å²) in [6.45, 7) is 0. The average Bonchev–Trinajstić information content (AvgIpc) is 2.16. The van der Waals surface area contributed by atoms with Crippen molar-refractivity contribution < 1.29 is 13.6 Å². The summed E-state index contributed by atoms with van der Waals surface area (Å²) in [4.78, 5) is 12.1. The molecule has 0 aromatic heterocycles. The van der Waals surface area contributed by atoms with Crippen molar-refractivity contribution in [2.45, 2.75) is 44.2 Å². The second-order valence-corrected chi connectivity index (χ2v) is 3.82. The van der Waals surface area contributed by atoms with E-state index >= 15 is 0 Å². The molecule has 0 spiro atoms. The summed E-state index contributed by atoms with van der Waals surface area (Å²) in [5, 5.41) is 0. The van der Waals surface area contributed by atoms with Gasteiger partial charge in [0.2, 0.25) is 0 Å². The molecule has 5 heteroatoms. The van der Waals surface area contributed by atoms with Crippen molar-refractivity contribution in [3.8, 4) is 0 Å². The van der Waals surface area contributed by atoms with Crippen LogP contribution in [0.2, 0.25) is 0 Å². The van der Waals surface area contributed by atoms with Crippen LogP contribution in [0, 0.1) is 0 Å². The summed E-state index contributed by atoms with van der Waals surface area (Å²) < 4.78 is 24.2. The Morgan fingerprint density at radius 2 is 1.86 bits per heavy atom. The van der Waals surface area contributed by atoms with Gasteiger partial charge in [-0.25, -0.2) is 0 Å². The zero-order valence-electron chi connectivity index (χ0n) is 8.25. The van der Waals surface area contributed by atoms with Gasteiger partial charge in [0.1, 0.15) is 0 Å². The minimum atomic E-state index is -2.89. The Labute approximate surface area is 82.2 Å². The van der Waals surface area contributed by atoms with Gasteiger partial charge in [-0.05, 0) is 25.7 Å². The van der Waals surface area contributed by atoms with Gasteiger partial charge in [0.05, 0.1) is 0 Å². The van der Waals surface area contributed by atoms with Gasteiger partial charge in [-0.3, -0.25) is 4.79 Å². The zero-order chi connectivity index (χ0) is 10.7. The number of carbonyl (C=O) groups is 1. The predicted octanol–water partition coefficient (Wildman–Crippen LogP) is 0.980. The molecule has 0 heterocycles. The van der Waals surface area contributed by atoms with Gasteiger partial charge < -0.3 is 10.6 Å². The number of alkyl halides is 2. The van der Waals surface area contributed by atoms with Crippen LogP contribution in [-0.4, -0.2) is 36.4 Å². The number of nitrogens with zero attached hydrogens (tertiary/aromatic N) is 1. The van der Waals surface area contributed by atoms with Crippen molar-refractivity contribution in [1.82, 2.24) is 4.90 Å². The fourth-order valence-corrected chi connectivity index (χ4v) is 1.82. The highest BCUT2D eigenvalue weighted by molar-refractivity contribution is 5.79. The number of rotatable bonds is 2. The van der Waals surface area contributed by atoms with Crippen molar-refractivity contribution in [1.29, 1.82) is 0 Å². The van der Waals surface area contributed by atoms with E-state index in [1.54, 1.807) is 0 Å². The summed E-state index contributed by atoms with van der Waals surface area (Å²) in [5.41, 5.74) is 5.68. The highest BCUT2D eigenvalue weighted by Crippen LogP contribution is 2.21. The smallest absolute Gasteiger partial charge is 0.315 e. The highest BCUT2D eigenvalue weighted by Gasteiger charge is 2.28. The summed E-state index contributed by atoms with van der Waals surface area (Å²) in [7, 11) is 1.44. The monoisotopic (exact) mass is 206 g/mol. The van der Waals surface area contributed by atoms with Crippen LogP contribution < -0.4 is 5.73 Å². The molecule has 1 fully saturated rings. The van der Waals surface area contributed by atoms with Crippen LogP contribution >= 0.6 is 0 Å². The minimum absolute atomic E-state index is 0.0590. The molecule has 14 heavy (non-hydrogen) atoms. The van der Waals surface area contributed by atoms with Crippen molar-refractivity contribution >= 4 is 5.91 Å². The van der Waals surface area contributed by atoms with E-state index in [0.717, 1.165) is 30.6 Å². The Kier molecular flexibility index (Phi) is 3.80. The van der Waals surface area contributed by atoms with Crippen LogP contribution in [-0.2, 0) is 4.79 Å². The molecule has 0 unspecified atom stereocenters. The third-order valence-electron chi connectivity index (χ3n) is 2.82.